The highest BCUT2D eigenvalue weighted by Crippen LogP contribution is 2.42. The largest absolute Gasteiger partial charge is 0.507 e. The molecule has 4 aromatic rings. The number of aromatic nitrogens is 2. The van der Waals surface area contributed by atoms with Crippen molar-refractivity contribution in [1.29, 1.82) is 0 Å². The summed E-state index contributed by atoms with van der Waals surface area (Å²) in [5.41, 5.74) is 5.63. The van der Waals surface area contributed by atoms with Crippen LogP contribution in [-0.4, -0.2) is 40.5 Å². The Bertz CT molecular complexity index is 1580. The summed E-state index contributed by atoms with van der Waals surface area (Å²) in [6, 6.07) is 15.4. The van der Waals surface area contributed by atoms with Crippen molar-refractivity contribution in [3.63, 3.8) is 0 Å². The fourth-order valence-electron chi connectivity index (χ4n) is 5.01. The molecule has 1 fully saturated rings. The molecule has 2 N–H and O–H groups in total. The van der Waals surface area contributed by atoms with Gasteiger partial charge >= 0.3 is 5.91 Å². The first-order valence-corrected chi connectivity index (χ1v) is 12.0. The van der Waals surface area contributed by atoms with E-state index in [-0.39, 0.29) is 17.3 Å². The summed E-state index contributed by atoms with van der Waals surface area (Å²) in [6.45, 7) is 4.57. The first kappa shape index (κ1) is 22.8. The molecule has 0 bridgehead atoms. The van der Waals surface area contributed by atoms with Gasteiger partial charge in [-0.05, 0) is 78.6 Å². The van der Waals surface area contributed by atoms with E-state index in [9.17, 15) is 14.7 Å². The average Bonchev–Trinajstić information content (AvgIpc) is 3.60. The zero-order valence-electron chi connectivity index (χ0n) is 20.7. The lowest BCUT2D eigenvalue weighted by Crippen LogP contribution is -2.30. The lowest BCUT2D eigenvalue weighted by atomic mass is 9.94. The van der Waals surface area contributed by atoms with Crippen LogP contribution in [0.1, 0.15) is 33.9 Å². The van der Waals surface area contributed by atoms with Crippen LogP contribution in [0.5, 0.6) is 11.5 Å². The number of hydrogen-bond donors (Lipinski definition) is 2. The van der Waals surface area contributed by atoms with Crippen LogP contribution < -0.4 is 14.4 Å². The second-order valence-electron chi connectivity index (χ2n) is 9.38. The van der Waals surface area contributed by atoms with Gasteiger partial charge in [0.05, 0.1) is 36.4 Å². The van der Waals surface area contributed by atoms with E-state index >= 15 is 0 Å². The molecule has 0 spiro atoms. The van der Waals surface area contributed by atoms with Gasteiger partial charge in [-0.2, -0.15) is 0 Å². The molecule has 0 aliphatic carbocycles. The Balaban J connectivity index is 1.54. The molecule has 0 radical (unpaired) electrons. The maximum Gasteiger partial charge on any atom is 0.302 e. The van der Waals surface area contributed by atoms with Crippen LogP contribution in [0, 0.1) is 13.8 Å². The van der Waals surface area contributed by atoms with Gasteiger partial charge < -0.3 is 19.6 Å². The monoisotopic (exact) mass is 495 g/mol. The van der Waals surface area contributed by atoms with Crippen LogP contribution in [-0.2, 0) is 16.0 Å². The number of aliphatic hydroxyl groups is 1. The van der Waals surface area contributed by atoms with Gasteiger partial charge in [0.25, 0.3) is 5.78 Å². The smallest absolute Gasteiger partial charge is 0.302 e. The van der Waals surface area contributed by atoms with E-state index in [0.717, 1.165) is 28.0 Å². The lowest BCUT2D eigenvalue weighted by molar-refractivity contribution is -0.132. The van der Waals surface area contributed by atoms with Crippen LogP contribution in [0.25, 0.3) is 16.8 Å². The van der Waals surface area contributed by atoms with E-state index < -0.39 is 17.7 Å². The second kappa shape index (κ2) is 8.51. The number of ether oxygens (including phenoxy) is 2. The summed E-state index contributed by atoms with van der Waals surface area (Å²) in [6.07, 6.45) is 0.713. The summed E-state index contributed by atoms with van der Waals surface area (Å²) in [7, 11) is 1.57. The number of hydrogen-bond acceptors (Lipinski definition) is 6. The maximum atomic E-state index is 13.5. The van der Waals surface area contributed by atoms with Crippen LogP contribution in [0.15, 0.2) is 60.2 Å². The third-order valence-electron chi connectivity index (χ3n) is 7.15. The molecular formula is C29H25N3O5. The number of benzene rings is 3. The van der Waals surface area contributed by atoms with Gasteiger partial charge in [-0.3, -0.25) is 14.5 Å². The number of carbonyl (C=O) groups is 2. The number of anilines is 1. The number of aliphatic hydroxyl groups excluding tert-OH is 1. The lowest BCUT2D eigenvalue weighted by Gasteiger charge is -2.23. The predicted molar refractivity (Wildman–Crippen MR) is 139 cm³/mol. The number of fused-ring (bicyclic) bond motifs is 2. The summed E-state index contributed by atoms with van der Waals surface area (Å²) in [5, 5.41) is 11.4. The Morgan fingerprint density at radius 3 is 2.59 bits per heavy atom. The number of methoxy groups -OCH3 is 1. The van der Waals surface area contributed by atoms with Gasteiger partial charge in [-0.25, -0.2) is 4.98 Å². The highest BCUT2D eigenvalue weighted by molar-refractivity contribution is 6.51. The molecule has 3 aromatic carbocycles. The number of nitrogens with zero attached hydrogens (tertiary/aromatic N) is 2. The number of amides is 1. The van der Waals surface area contributed by atoms with Gasteiger partial charge in [0.15, 0.2) is 0 Å². The van der Waals surface area contributed by atoms with E-state index in [1.807, 2.05) is 32.0 Å². The van der Waals surface area contributed by atoms with Crippen molar-refractivity contribution in [3.05, 3.63) is 88.0 Å². The van der Waals surface area contributed by atoms with Crippen molar-refractivity contribution in [2.24, 2.45) is 0 Å². The number of H-pyrrole nitrogens is 1. The van der Waals surface area contributed by atoms with Crippen molar-refractivity contribution < 1.29 is 24.2 Å². The Morgan fingerprint density at radius 2 is 1.84 bits per heavy atom. The Labute approximate surface area is 213 Å². The number of nitrogens with one attached hydrogen (secondary N) is 1. The number of rotatable bonds is 4. The molecule has 1 atom stereocenters. The number of carbonyl (C=O) groups excluding carboxylic acids is 2. The molecule has 8 nitrogen and oxygen atoms in total. The maximum absolute atomic E-state index is 13.5. The standard InChI is InChI=1S/C29H25N3O5/c1-15-12-21-22(13-16(15)2)31-29(30-21)32-25(17-4-7-20(36-3)8-5-17)24(27(34)28(32)35)26(33)19-6-9-23-18(14-19)10-11-37-23/h4-9,12-14,25,33H,10-11H2,1-3H3,(H,30,31)/b26-24+. The molecule has 0 saturated carbocycles. The molecule has 1 saturated heterocycles. The van der Waals surface area contributed by atoms with Crippen LogP contribution >= 0.6 is 0 Å². The molecule has 6 rings (SSSR count). The number of Topliss-reactive ketones (excluding diaryl/α,β-unsaturated/α-hetero) is 1. The number of aryl methyl sites for hydroxylation is 2. The number of aromatic amines is 1. The molecular weight excluding hydrogens is 470 g/mol. The van der Waals surface area contributed by atoms with Crippen molar-refractivity contribution in [1.82, 2.24) is 9.97 Å². The van der Waals surface area contributed by atoms with Crippen molar-refractivity contribution in [3.8, 4) is 11.5 Å². The molecule has 2 aliphatic heterocycles. The van der Waals surface area contributed by atoms with Crippen LogP contribution in [0.4, 0.5) is 5.95 Å². The molecule has 8 heteroatoms. The Hall–Kier alpha value is -4.59. The second-order valence-corrected chi connectivity index (χ2v) is 9.38. The van der Waals surface area contributed by atoms with Crippen molar-refractivity contribution >= 4 is 34.4 Å². The van der Waals surface area contributed by atoms with E-state index in [1.54, 1.807) is 43.5 Å². The topological polar surface area (TPSA) is 105 Å². The number of imidazole rings is 1. The average molecular weight is 496 g/mol. The fraction of sp³-hybridized carbons (Fsp3) is 0.207. The molecule has 37 heavy (non-hydrogen) atoms. The Morgan fingerprint density at radius 1 is 1.08 bits per heavy atom. The van der Waals surface area contributed by atoms with Gasteiger partial charge in [-0.1, -0.05) is 12.1 Å². The van der Waals surface area contributed by atoms with Gasteiger partial charge in [0.2, 0.25) is 5.95 Å². The van der Waals surface area contributed by atoms with E-state index in [2.05, 4.69) is 9.97 Å². The summed E-state index contributed by atoms with van der Waals surface area (Å²) in [4.78, 5) is 36.1. The van der Waals surface area contributed by atoms with Crippen molar-refractivity contribution in [2.45, 2.75) is 26.3 Å². The van der Waals surface area contributed by atoms with Crippen molar-refractivity contribution in [2.75, 3.05) is 18.6 Å². The summed E-state index contributed by atoms with van der Waals surface area (Å²) in [5.74, 6) is -0.142. The summed E-state index contributed by atoms with van der Waals surface area (Å²) < 4.78 is 10.9. The first-order valence-electron chi connectivity index (χ1n) is 12.0. The van der Waals surface area contributed by atoms with Crippen LogP contribution in [0.3, 0.4) is 0 Å². The minimum atomic E-state index is -0.891. The molecule has 186 valence electrons. The van der Waals surface area contributed by atoms with Gasteiger partial charge in [0, 0.05) is 12.0 Å². The minimum absolute atomic E-state index is 0.00171. The normalized spacial score (nSPS) is 18.4. The Kier molecular flexibility index (Phi) is 5.26. The first-order chi connectivity index (χ1) is 17.9. The quantitative estimate of drug-likeness (QED) is 0.241. The molecule has 1 unspecified atom stereocenters. The van der Waals surface area contributed by atoms with Gasteiger partial charge in [-0.15, -0.1) is 0 Å². The molecule has 2 aliphatic rings. The molecule has 3 heterocycles. The fourth-order valence-corrected chi connectivity index (χ4v) is 5.01. The SMILES string of the molecule is COc1ccc(C2/C(=C(\O)c3ccc4c(c3)CCO4)C(=O)C(=O)N2c2nc3cc(C)c(C)cc3[nH]2)cc1. The van der Waals surface area contributed by atoms with E-state index in [4.69, 9.17) is 9.47 Å². The summed E-state index contributed by atoms with van der Waals surface area (Å²) >= 11 is 0. The predicted octanol–water partition coefficient (Wildman–Crippen LogP) is 4.75. The highest BCUT2D eigenvalue weighted by Gasteiger charge is 2.48. The van der Waals surface area contributed by atoms with Crippen LogP contribution in [0.2, 0.25) is 0 Å². The molecule has 1 amide bonds. The third kappa shape index (κ3) is 3.64. The van der Waals surface area contributed by atoms with E-state index in [1.165, 1.54) is 4.90 Å². The highest BCUT2D eigenvalue weighted by atomic mass is 16.5. The number of ketones is 1. The molecule has 1 aromatic heterocycles. The zero-order valence-corrected chi connectivity index (χ0v) is 20.7. The van der Waals surface area contributed by atoms with E-state index in [0.29, 0.717) is 35.4 Å². The van der Waals surface area contributed by atoms with Gasteiger partial charge in [0.1, 0.15) is 17.3 Å². The minimum Gasteiger partial charge on any atom is -0.507 e. The zero-order chi connectivity index (χ0) is 25.8. The third-order valence-corrected chi connectivity index (χ3v) is 7.15.